The van der Waals surface area contributed by atoms with E-state index in [-0.39, 0.29) is 11.1 Å². The fourth-order valence-corrected chi connectivity index (χ4v) is 3.09. The molecule has 3 rings (SSSR count). The molecular weight excluding hydrogens is 388 g/mol. The van der Waals surface area contributed by atoms with Gasteiger partial charge in [-0.1, -0.05) is 66.8 Å². The predicted molar refractivity (Wildman–Crippen MR) is 115 cm³/mol. The average Bonchev–Trinajstić information content (AvgIpc) is 2.72. The van der Waals surface area contributed by atoms with E-state index in [9.17, 15) is 17.6 Å². The van der Waals surface area contributed by atoms with E-state index in [1.54, 1.807) is 6.07 Å². The summed E-state index contributed by atoms with van der Waals surface area (Å²) in [4.78, 5) is 0. The van der Waals surface area contributed by atoms with Crippen LogP contribution in [0.25, 0.3) is 27.8 Å². The Morgan fingerprint density at radius 1 is 0.733 bits per heavy atom. The Morgan fingerprint density at radius 2 is 1.30 bits per heavy atom. The maximum Gasteiger partial charge on any atom is 0.194 e. The van der Waals surface area contributed by atoms with Crippen molar-refractivity contribution in [3.63, 3.8) is 0 Å². The Labute approximate surface area is 173 Å². The summed E-state index contributed by atoms with van der Waals surface area (Å²) in [5, 5.41) is 0. The summed E-state index contributed by atoms with van der Waals surface area (Å²) < 4.78 is 54.8. The van der Waals surface area contributed by atoms with E-state index in [0.29, 0.717) is 5.56 Å². The summed E-state index contributed by atoms with van der Waals surface area (Å²) in [5.41, 5.74) is 4.33. The number of rotatable bonds is 5. The Kier molecular flexibility index (Phi) is 6.36. The van der Waals surface area contributed by atoms with Crippen LogP contribution >= 0.6 is 0 Å². The standard InChI is InChI=1S/C26H20F4/c1-4-17(6-5-16(2)3)18-7-9-19(10-8-18)20-11-12-22(23(27)13-20)21-14-24(28)26(30)25(29)15-21/h4-15H,2H2,1,3H3/b6-5-,17-4+. The smallest absolute Gasteiger partial charge is 0.194 e. The molecule has 0 aliphatic carbocycles. The van der Waals surface area contributed by atoms with E-state index < -0.39 is 23.3 Å². The SMILES string of the molecule is C=C(C)/C=C\C(=C/C)c1ccc(-c2ccc(-c3cc(F)c(F)c(F)c3)c(F)c2)cc1. The minimum absolute atomic E-state index is 0.00527. The summed E-state index contributed by atoms with van der Waals surface area (Å²) in [7, 11) is 0. The fourth-order valence-electron chi connectivity index (χ4n) is 3.09. The van der Waals surface area contributed by atoms with Gasteiger partial charge < -0.3 is 0 Å². The van der Waals surface area contributed by atoms with Gasteiger partial charge in [0.1, 0.15) is 5.82 Å². The largest absolute Gasteiger partial charge is 0.206 e. The molecule has 0 atom stereocenters. The zero-order valence-electron chi connectivity index (χ0n) is 16.6. The molecule has 0 spiro atoms. The van der Waals surface area contributed by atoms with Crippen LogP contribution in [0.4, 0.5) is 17.6 Å². The average molecular weight is 408 g/mol. The lowest BCUT2D eigenvalue weighted by Gasteiger charge is -2.09. The summed E-state index contributed by atoms with van der Waals surface area (Å²) in [5.74, 6) is -4.94. The van der Waals surface area contributed by atoms with Gasteiger partial charge in [-0.2, -0.15) is 0 Å². The van der Waals surface area contributed by atoms with E-state index in [2.05, 4.69) is 6.58 Å². The number of hydrogen-bond donors (Lipinski definition) is 0. The van der Waals surface area contributed by atoms with Crippen molar-refractivity contribution < 1.29 is 17.6 Å². The summed E-state index contributed by atoms with van der Waals surface area (Å²) in [6.07, 6.45) is 5.90. The van der Waals surface area contributed by atoms with E-state index in [1.165, 1.54) is 12.1 Å². The van der Waals surface area contributed by atoms with Gasteiger partial charge in [-0.3, -0.25) is 0 Å². The number of allylic oxidation sites excluding steroid dienone is 5. The molecule has 30 heavy (non-hydrogen) atoms. The van der Waals surface area contributed by atoms with Gasteiger partial charge in [-0.25, -0.2) is 17.6 Å². The van der Waals surface area contributed by atoms with Crippen LogP contribution in [0.3, 0.4) is 0 Å². The lowest BCUT2D eigenvalue weighted by atomic mass is 9.97. The summed E-state index contributed by atoms with van der Waals surface area (Å²) in [6.45, 7) is 7.71. The van der Waals surface area contributed by atoms with Crippen molar-refractivity contribution in [2.75, 3.05) is 0 Å². The fraction of sp³-hybridized carbons (Fsp3) is 0.0769. The number of benzene rings is 3. The van der Waals surface area contributed by atoms with Crippen molar-refractivity contribution in [3.05, 3.63) is 114 Å². The third kappa shape index (κ3) is 4.60. The first-order valence-corrected chi connectivity index (χ1v) is 9.35. The minimum Gasteiger partial charge on any atom is -0.206 e. The number of hydrogen-bond acceptors (Lipinski definition) is 0. The second-order valence-corrected chi connectivity index (χ2v) is 6.95. The van der Waals surface area contributed by atoms with Crippen molar-refractivity contribution in [1.82, 2.24) is 0 Å². The quantitative estimate of drug-likeness (QED) is 0.227. The van der Waals surface area contributed by atoms with Gasteiger partial charge in [0, 0.05) is 5.56 Å². The Hall–Kier alpha value is -3.40. The zero-order valence-corrected chi connectivity index (χ0v) is 16.6. The van der Waals surface area contributed by atoms with Crippen LogP contribution in [0.5, 0.6) is 0 Å². The van der Waals surface area contributed by atoms with Crippen LogP contribution in [-0.2, 0) is 0 Å². The maximum absolute atomic E-state index is 14.7. The van der Waals surface area contributed by atoms with Gasteiger partial charge in [-0.15, -0.1) is 0 Å². The van der Waals surface area contributed by atoms with Crippen LogP contribution in [0.15, 0.2) is 85.0 Å². The van der Waals surface area contributed by atoms with Crippen LogP contribution < -0.4 is 0 Å². The first kappa shape index (κ1) is 21.3. The first-order chi connectivity index (χ1) is 14.3. The molecule has 0 fully saturated rings. The van der Waals surface area contributed by atoms with E-state index >= 15 is 0 Å². The molecule has 0 heterocycles. The highest BCUT2D eigenvalue weighted by atomic mass is 19.2. The van der Waals surface area contributed by atoms with Gasteiger partial charge in [0.15, 0.2) is 17.5 Å². The van der Waals surface area contributed by atoms with E-state index in [0.717, 1.165) is 34.4 Å². The molecule has 0 saturated carbocycles. The molecule has 152 valence electrons. The molecule has 3 aromatic rings. The van der Waals surface area contributed by atoms with E-state index in [1.807, 2.05) is 56.3 Å². The molecule has 0 amide bonds. The molecule has 0 saturated heterocycles. The Morgan fingerprint density at radius 3 is 1.83 bits per heavy atom. The van der Waals surface area contributed by atoms with Crippen LogP contribution in [0.1, 0.15) is 19.4 Å². The van der Waals surface area contributed by atoms with Gasteiger partial charge in [0.25, 0.3) is 0 Å². The lowest BCUT2D eigenvalue weighted by molar-refractivity contribution is 0.447. The molecule has 0 nitrogen and oxygen atoms in total. The third-order valence-electron chi connectivity index (χ3n) is 4.67. The molecule has 0 aliphatic rings. The van der Waals surface area contributed by atoms with Crippen molar-refractivity contribution >= 4 is 5.57 Å². The topological polar surface area (TPSA) is 0 Å². The van der Waals surface area contributed by atoms with Crippen molar-refractivity contribution in [1.29, 1.82) is 0 Å². The predicted octanol–water partition coefficient (Wildman–Crippen LogP) is 8.11. The molecule has 0 radical (unpaired) electrons. The minimum atomic E-state index is -1.57. The maximum atomic E-state index is 14.7. The first-order valence-electron chi connectivity index (χ1n) is 9.35. The van der Waals surface area contributed by atoms with Gasteiger partial charge in [0.2, 0.25) is 0 Å². The monoisotopic (exact) mass is 408 g/mol. The Bertz CT molecular complexity index is 1130. The van der Waals surface area contributed by atoms with Gasteiger partial charge >= 0.3 is 0 Å². The highest BCUT2D eigenvalue weighted by molar-refractivity contribution is 5.77. The molecule has 4 heteroatoms. The molecule has 0 bridgehead atoms. The molecule has 0 aromatic heterocycles. The molecule has 0 N–H and O–H groups in total. The van der Waals surface area contributed by atoms with Gasteiger partial charge in [0.05, 0.1) is 0 Å². The molecule has 0 unspecified atom stereocenters. The molecule has 3 aromatic carbocycles. The third-order valence-corrected chi connectivity index (χ3v) is 4.67. The Balaban J connectivity index is 1.91. The van der Waals surface area contributed by atoms with Gasteiger partial charge in [-0.05, 0) is 59.9 Å². The second kappa shape index (κ2) is 8.95. The summed E-state index contributed by atoms with van der Waals surface area (Å²) in [6, 6.07) is 13.6. The van der Waals surface area contributed by atoms with E-state index in [4.69, 9.17) is 0 Å². The normalized spacial score (nSPS) is 11.9. The van der Waals surface area contributed by atoms with Crippen LogP contribution in [0, 0.1) is 23.3 Å². The zero-order chi connectivity index (χ0) is 21.8. The van der Waals surface area contributed by atoms with Crippen molar-refractivity contribution in [2.24, 2.45) is 0 Å². The van der Waals surface area contributed by atoms with Crippen molar-refractivity contribution in [3.8, 4) is 22.3 Å². The lowest BCUT2D eigenvalue weighted by Crippen LogP contribution is -1.94. The molecule has 0 aliphatic heterocycles. The number of halogens is 4. The van der Waals surface area contributed by atoms with Crippen molar-refractivity contribution in [2.45, 2.75) is 13.8 Å². The summed E-state index contributed by atoms with van der Waals surface area (Å²) >= 11 is 0. The van der Waals surface area contributed by atoms with Crippen LogP contribution in [-0.4, -0.2) is 0 Å². The van der Waals surface area contributed by atoms with Crippen LogP contribution in [0.2, 0.25) is 0 Å². The molecular formula is C26H20F4. The second-order valence-electron chi connectivity index (χ2n) is 6.95. The highest BCUT2D eigenvalue weighted by Crippen LogP contribution is 2.30. The highest BCUT2D eigenvalue weighted by Gasteiger charge is 2.14.